The molecule has 0 aliphatic heterocycles. The third kappa shape index (κ3) is 2.25. The van der Waals surface area contributed by atoms with Gasteiger partial charge in [-0.1, -0.05) is 62.4 Å². The Kier molecular flexibility index (Phi) is 3.15. The van der Waals surface area contributed by atoms with Crippen molar-refractivity contribution in [2.45, 2.75) is 19.8 Å². The van der Waals surface area contributed by atoms with Gasteiger partial charge in [0.2, 0.25) is 5.56 Å². The number of hydrogen-bond donors (Lipinski definition) is 1. The third-order valence-corrected chi connectivity index (χ3v) is 3.63. The molecule has 1 heterocycles. The maximum Gasteiger partial charge on any atom is 0.249 e. The second-order valence-corrected chi connectivity index (χ2v) is 5.37. The SMILES string of the molecule is CC(C)c1ccc(-c2[nH]c(=O)cc3ccccc23)cc1. The van der Waals surface area contributed by atoms with Crippen LogP contribution in [0.3, 0.4) is 0 Å². The lowest BCUT2D eigenvalue weighted by atomic mass is 9.99. The predicted octanol–water partition coefficient (Wildman–Crippen LogP) is 4.32. The molecule has 0 aliphatic rings. The maximum absolute atomic E-state index is 11.8. The quantitative estimate of drug-likeness (QED) is 0.734. The summed E-state index contributed by atoms with van der Waals surface area (Å²) in [6.07, 6.45) is 0. The highest BCUT2D eigenvalue weighted by Gasteiger charge is 2.06. The third-order valence-electron chi connectivity index (χ3n) is 3.63. The minimum absolute atomic E-state index is 0.0633. The number of aromatic nitrogens is 1. The molecule has 0 unspecified atom stereocenters. The van der Waals surface area contributed by atoms with Crippen LogP contribution in [0.2, 0.25) is 0 Å². The molecule has 2 heteroatoms. The molecule has 100 valence electrons. The van der Waals surface area contributed by atoms with Crippen LogP contribution in [0.1, 0.15) is 25.3 Å². The minimum atomic E-state index is -0.0633. The zero-order valence-corrected chi connectivity index (χ0v) is 11.7. The molecule has 2 nitrogen and oxygen atoms in total. The van der Waals surface area contributed by atoms with E-state index in [0.29, 0.717) is 5.92 Å². The van der Waals surface area contributed by atoms with E-state index in [1.807, 2.05) is 24.3 Å². The molecular weight excluding hydrogens is 246 g/mol. The van der Waals surface area contributed by atoms with Crippen LogP contribution in [0.25, 0.3) is 22.0 Å². The van der Waals surface area contributed by atoms with E-state index in [1.165, 1.54) is 5.56 Å². The molecule has 0 amide bonds. The van der Waals surface area contributed by atoms with Crippen LogP contribution in [0.5, 0.6) is 0 Å². The average molecular weight is 263 g/mol. The molecule has 3 rings (SSSR count). The van der Waals surface area contributed by atoms with Crippen LogP contribution in [-0.4, -0.2) is 4.98 Å². The van der Waals surface area contributed by atoms with Crippen LogP contribution >= 0.6 is 0 Å². The van der Waals surface area contributed by atoms with Gasteiger partial charge < -0.3 is 4.98 Å². The van der Waals surface area contributed by atoms with E-state index in [9.17, 15) is 4.79 Å². The summed E-state index contributed by atoms with van der Waals surface area (Å²) >= 11 is 0. The molecule has 2 aromatic carbocycles. The van der Waals surface area contributed by atoms with Crippen molar-refractivity contribution >= 4 is 10.8 Å². The van der Waals surface area contributed by atoms with Crippen LogP contribution < -0.4 is 5.56 Å². The standard InChI is InChI=1S/C18H17NO/c1-12(2)13-7-9-14(10-8-13)18-16-6-4-3-5-15(16)11-17(20)19-18/h3-12H,1-2H3,(H,19,20). The highest BCUT2D eigenvalue weighted by molar-refractivity contribution is 5.94. The van der Waals surface area contributed by atoms with Crippen molar-refractivity contribution in [3.63, 3.8) is 0 Å². The first-order chi connectivity index (χ1) is 9.65. The summed E-state index contributed by atoms with van der Waals surface area (Å²) in [7, 11) is 0. The number of rotatable bonds is 2. The number of nitrogens with one attached hydrogen (secondary N) is 1. The molecule has 1 N–H and O–H groups in total. The van der Waals surface area contributed by atoms with Crippen molar-refractivity contribution < 1.29 is 0 Å². The Labute approximate surface area is 118 Å². The van der Waals surface area contributed by atoms with E-state index in [2.05, 4.69) is 43.1 Å². The van der Waals surface area contributed by atoms with Crippen molar-refractivity contribution in [3.8, 4) is 11.3 Å². The fourth-order valence-electron chi connectivity index (χ4n) is 2.48. The van der Waals surface area contributed by atoms with Gasteiger partial charge >= 0.3 is 0 Å². The van der Waals surface area contributed by atoms with Crippen LogP contribution in [0, 0.1) is 0 Å². The Morgan fingerprint density at radius 3 is 2.35 bits per heavy atom. The molecule has 3 aromatic rings. The second-order valence-electron chi connectivity index (χ2n) is 5.37. The number of pyridine rings is 1. The van der Waals surface area contributed by atoms with Gasteiger partial charge in [-0.2, -0.15) is 0 Å². The molecule has 20 heavy (non-hydrogen) atoms. The van der Waals surface area contributed by atoms with Gasteiger partial charge in [0.25, 0.3) is 0 Å². The number of aromatic amines is 1. The largest absolute Gasteiger partial charge is 0.321 e. The molecule has 0 bridgehead atoms. The van der Waals surface area contributed by atoms with E-state index in [1.54, 1.807) is 6.07 Å². The van der Waals surface area contributed by atoms with Crippen molar-refractivity contribution in [3.05, 3.63) is 70.5 Å². The van der Waals surface area contributed by atoms with Crippen molar-refractivity contribution in [1.82, 2.24) is 4.98 Å². The molecule has 0 radical (unpaired) electrons. The molecule has 0 fully saturated rings. The Bertz CT molecular complexity index is 798. The Morgan fingerprint density at radius 2 is 1.65 bits per heavy atom. The number of hydrogen-bond acceptors (Lipinski definition) is 1. The second kappa shape index (κ2) is 4.97. The van der Waals surface area contributed by atoms with Gasteiger partial charge in [-0.15, -0.1) is 0 Å². The van der Waals surface area contributed by atoms with Gasteiger partial charge in [0.1, 0.15) is 0 Å². The van der Waals surface area contributed by atoms with Crippen molar-refractivity contribution in [1.29, 1.82) is 0 Å². The maximum atomic E-state index is 11.8. The lowest BCUT2D eigenvalue weighted by Gasteiger charge is -2.09. The van der Waals surface area contributed by atoms with Gasteiger partial charge in [-0.05, 0) is 22.4 Å². The van der Waals surface area contributed by atoms with Gasteiger partial charge in [0.15, 0.2) is 0 Å². The summed E-state index contributed by atoms with van der Waals surface area (Å²) in [6, 6.07) is 18.0. The van der Waals surface area contributed by atoms with Crippen LogP contribution in [0.15, 0.2) is 59.4 Å². The number of benzene rings is 2. The van der Waals surface area contributed by atoms with Gasteiger partial charge in [0.05, 0.1) is 5.69 Å². The van der Waals surface area contributed by atoms with Gasteiger partial charge in [0, 0.05) is 11.5 Å². The molecule has 0 atom stereocenters. The smallest absolute Gasteiger partial charge is 0.249 e. The van der Waals surface area contributed by atoms with E-state index >= 15 is 0 Å². The first kappa shape index (κ1) is 12.7. The lowest BCUT2D eigenvalue weighted by molar-refractivity contribution is 0.867. The highest BCUT2D eigenvalue weighted by Crippen LogP contribution is 2.26. The normalized spacial score (nSPS) is 11.2. The summed E-state index contributed by atoms with van der Waals surface area (Å²) in [5, 5.41) is 2.04. The summed E-state index contributed by atoms with van der Waals surface area (Å²) < 4.78 is 0. The zero-order chi connectivity index (χ0) is 14.1. The monoisotopic (exact) mass is 263 g/mol. The molecule has 0 aliphatic carbocycles. The Balaban J connectivity index is 2.21. The topological polar surface area (TPSA) is 32.9 Å². The molecular formula is C18H17NO. The highest BCUT2D eigenvalue weighted by atomic mass is 16.1. The zero-order valence-electron chi connectivity index (χ0n) is 11.7. The van der Waals surface area contributed by atoms with E-state index in [4.69, 9.17) is 0 Å². The van der Waals surface area contributed by atoms with E-state index < -0.39 is 0 Å². The first-order valence-corrected chi connectivity index (χ1v) is 6.87. The summed E-state index contributed by atoms with van der Waals surface area (Å²) in [4.78, 5) is 14.8. The van der Waals surface area contributed by atoms with E-state index in [0.717, 1.165) is 22.0 Å². The minimum Gasteiger partial charge on any atom is -0.321 e. The molecule has 0 saturated heterocycles. The molecule has 0 saturated carbocycles. The van der Waals surface area contributed by atoms with E-state index in [-0.39, 0.29) is 5.56 Å². The predicted molar refractivity (Wildman–Crippen MR) is 84.1 cm³/mol. The molecule has 1 aromatic heterocycles. The molecule has 0 spiro atoms. The Morgan fingerprint density at radius 1 is 0.950 bits per heavy atom. The lowest BCUT2D eigenvalue weighted by Crippen LogP contribution is -2.05. The van der Waals surface area contributed by atoms with Gasteiger partial charge in [-0.3, -0.25) is 4.79 Å². The number of fused-ring (bicyclic) bond motifs is 1. The number of H-pyrrole nitrogens is 1. The first-order valence-electron chi connectivity index (χ1n) is 6.87. The summed E-state index contributed by atoms with van der Waals surface area (Å²) in [5.74, 6) is 0.510. The fraction of sp³-hybridized carbons (Fsp3) is 0.167. The van der Waals surface area contributed by atoms with Crippen molar-refractivity contribution in [2.24, 2.45) is 0 Å². The fourth-order valence-corrected chi connectivity index (χ4v) is 2.48. The van der Waals surface area contributed by atoms with Crippen LogP contribution in [0.4, 0.5) is 0 Å². The van der Waals surface area contributed by atoms with Gasteiger partial charge in [-0.25, -0.2) is 0 Å². The summed E-state index contributed by atoms with van der Waals surface area (Å²) in [6.45, 7) is 4.35. The Hall–Kier alpha value is -2.35. The van der Waals surface area contributed by atoms with Crippen molar-refractivity contribution in [2.75, 3.05) is 0 Å². The van der Waals surface area contributed by atoms with Crippen LogP contribution in [-0.2, 0) is 0 Å². The average Bonchev–Trinajstić information content (AvgIpc) is 2.46. The summed E-state index contributed by atoms with van der Waals surface area (Å²) in [5.41, 5.74) is 3.18.